The van der Waals surface area contributed by atoms with E-state index in [0.29, 0.717) is 21.3 Å². The lowest BCUT2D eigenvalue weighted by Crippen LogP contribution is -2.63. The summed E-state index contributed by atoms with van der Waals surface area (Å²) in [4.78, 5) is 0. The monoisotopic (exact) mass is 396 g/mol. The Morgan fingerprint density at radius 2 is 1.25 bits per heavy atom. The van der Waals surface area contributed by atoms with Gasteiger partial charge in [-0.25, -0.2) is 0 Å². The van der Waals surface area contributed by atoms with Gasteiger partial charge in [-0.2, -0.15) is 0 Å². The first kappa shape index (κ1) is 17.0. The minimum absolute atomic E-state index is 0.242. The lowest BCUT2D eigenvalue weighted by atomic mass is 9.32. The summed E-state index contributed by atoms with van der Waals surface area (Å²) in [6.07, 6.45) is 18.1. The van der Waals surface area contributed by atoms with Crippen LogP contribution >= 0.6 is 11.6 Å². The van der Waals surface area contributed by atoms with Crippen molar-refractivity contribution >= 4 is 11.6 Å². The number of benzene rings is 1. The molecule has 0 heterocycles. The maximum Gasteiger partial charge on any atom is 0.134 e. The maximum absolute atomic E-state index is 10.00. The van der Waals surface area contributed by atoms with Crippen LogP contribution < -0.4 is 0 Å². The summed E-state index contributed by atoms with van der Waals surface area (Å²) in [6.45, 7) is 0. The van der Waals surface area contributed by atoms with Crippen LogP contribution in [0.3, 0.4) is 0 Å². The average molecular weight is 397 g/mol. The fourth-order valence-electron chi connectivity index (χ4n) is 10.8. The Morgan fingerprint density at radius 1 is 0.714 bits per heavy atom. The standard InChI is InChI=1S/C26H33ClO/c27-22-7-21(1-2-23(22)28)24-8-19-6-20(9-24)14-26(13-19,15-24)25-10-16-3-17(11-25)5-18(4-16)12-25/h1-2,7,16-20,28H,3-6,8-15H2. The van der Waals surface area contributed by atoms with Crippen LogP contribution in [0, 0.1) is 40.4 Å². The minimum Gasteiger partial charge on any atom is -0.506 e. The highest BCUT2D eigenvalue weighted by Gasteiger charge is 2.67. The molecular weight excluding hydrogens is 364 g/mol. The Bertz CT molecular complexity index is 792. The molecular formula is C26H33ClO. The van der Waals surface area contributed by atoms with Crippen LogP contribution in [-0.2, 0) is 5.41 Å². The molecule has 0 aromatic heterocycles. The smallest absolute Gasteiger partial charge is 0.134 e. The van der Waals surface area contributed by atoms with E-state index in [2.05, 4.69) is 12.1 Å². The molecule has 2 unspecified atom stereocenters. The van der Waals surface area contributed by atoms with Crippen molar-refractivity contribution in [1.82, 2.24) is 0 Å². The van der Waals surface area contributed by atoms with Gasteiger partial charge in [0, 0.05) is 0 Å². The summed E-state index contributed by atoms with van der Waals surface area (Å²) in [7, 11) is 0. The zero-order valence-corrected chi connectivity index (χ0v) is 17.7. The summed E-state index contributed by atoms with van der Waals surface area (Å²) in [5.74, 6) is 5.27. The van der Waals surface area contributed by atoms with E-state index in [1.54, 1.807) is 38.5 Å². The van der Waals surface area contributed by atoms with Crippen LogP contribution in [0.5, 0.6) is 5.75 Å². The molecule has 8 saturated carbocycles. The van der Waals surface area contributed by atoms with Crippen molar-refractivity contribution in [2.75, 3.05) is 0 Å². The van der Waals surface area contributed by atoms with E-state index < -0.39 is 0 Å². The SMILES string of the molecule is Oc1ccc(C23CC4CC(C2)CC(C25CC6CC(CC(C6)C2)C5)(C4)C3)cc1Cl. The Kier molecular flexibility index (Phi) is 3.23. The quantitative estimate of drug-likeness (QED) is 0.565. The van der Waals surface area contributed by atoms with E-state index >= 15 is 0 Å². The van der Waals surface area contributed by atoms with Crippen LogP contribution in [0.15, 0.2) is 18.2 Å². The second-order valence-corrected chi connectivity index (χ2v) is 12.8. The van der Waals surface area contributed by atoms with Crippen molar-refractivity contribution in [3.05, 3.63) is 28.8 Å². The third-order valence-electron chi connectivity index (χ3n) is 10.8. The molecule has 2 atom stereocenters. The minimum atomic E-state index is 0.242. The molecule has 2 heteroatoms. The van der Waals surface area contributed by atoms with E-state index in [0.717, 1.165) is 29.6 Å². The fraction of sp³-hybridized carbons (Fsp3) is 0.769. The van der Waals surface area contributed by atoms with E-state index in [1.165, 1.54) is 44.1 Å². The first-order chi connectivity index (χ1) is 13.5. The van der Waals surface area contributed by atoms with E-state index in [-0.39, 0.29) is 5.75 Å². The van der Waals surface area contributed by atoms with Gasteiger partial charge in [0.2, 0.25) is 0 Å². The third-order valence-corrected chi connectivity index (χ3v) is 11.1. The van der Waals surface area contributed by atoms with Gasteiger partial charge in [0.15, 0.2) is 0 Å². The van der Waals surface area contributed by atoms with Crippen LogP contribution in [-0.4, -0.2) is 5.11 Å². The topological polar surface area (TPSA) is 20.2 Å². The molecule has 0 saturated heterocycles. The number of phenols is 1. The molecule has 8 bridgehead atoms. The molecule has 0 radical (unpaired) electrons. The lowest BCUT2D eigenvalue weighted by molar-refractivity contribution is -0.205. The van der Waals surface area contributed by atoms with Gasteiger partial charge in [-0.15, -0.1) is 0 Å². The molecule has 1 aromatic carbocycles. The van der Waals surface area contributed by atoms with E-state index in [4.69, 9.17) is 11.6 Å². The molecule has 0 aliphatic heterocycles. The van der Waals surface area contributed by atoms with Crippen molar-refractivity contribution in [3.8, 4) is 5.75 Å². The highest BCUT2D eigenvalue weighted by atomic mass is 35.5. The Balaban J connectivity index is 1.33. The number of phenolic OH excluding ortho intramolecular Hbond substituents is 1. The summed E-state index contributed by atoms with van der Waals surface area (Å²) in [6, 6.07) is 6.19. The Labute approximate surface area is 174 Å². The van der Waals surface area contributed by atoms with E-state index in [9.17, 15) is 5.11 Å². The number of halogens is 1. The number of rotatable bonds is 2. The molecule has 150 valence electrons. The predicted molar refractivity (Wildman–Crippen MR) is 113 cm³/mol. The van der Waals surface area contributed by atoms with Gasteiger partial charge in [0.05, 0.1) is 5.02 Å². The molecule has 28 heavy (non-hydrogen) atoms. The molecule has 0 amide bonds. The molecule has 1 nitrogen and oxygen atoms in total. The van der Waals surface area contributed by atoms with Gasteiger partial charge in [-0.1, -0.05) is 17.7 Å². The molecule has 9 rings (SSSR count). The first-order valence-electron chi connectivity index (χ1n) is 12.0. The lowest BCUT2D eigenvalue weighted by Gasteiger charge is -2.72. The largest absolute Gasteiger partial charge is 0.506 e. The molecule has 1 aromatic rings. The summed E-state index contributed by atoms with van der Waals surface area (Å²) < 4.78 is 0. The van der Waals surface area contributed by atoms with Crippen LogP contribution in [0.2, 0.25) is 5.02 Å². The van der Waals surface area contributed by atoms with Crippen molar-refractivity contribution in [2.24, 2.45) is 40.4 Å². The van der Waals surface area contributed by atoms with Gasteiger partial charge in [0.25, 0.3) is 0 Å². The highest BCUT2D eigenvalue weighted by molar-refractivity contribution is 6.32. The van der Waals surface area contributed by atoms with Crippen LogP contribution in [0.25, 0.3) is 0 Å². The van der Waals surface area contributed by atoms with Gasteiger partial charge >= 0.3 is 0 Å². The molecule has 1 N–H and O–H groups in total. The zero-order valence-electron chi connectivity index (χ0n) is 16.9. The summed E-state index contributed by atoms with van der Waals surface area (Å²) >= 11 is 6.40. The van der Waals surface area contributed by atoms with E-state index in [1.807, 2.05) is 6.07 Å². The molecule has 8 aliphatic carbocycles. The second-order valence-electron chi connectivity index (χ2n) is 12.4. The first-order valence-corrected chi connectivity index (χ1v) is 12.3. The Morgan fingerprint density at radius 3 is 1.82 bits per heavy atom. The van der Waals surface area contributed by atoms with Gasteiger partial charge in [-0.05, 0) is 141 Å². The normalized spacial score (nSPS) is 53.1. The number of aromatic hydroxyl groups is 1. The summed E-state index contributed by atoms with van der Waals surface area (Å²) in [5, 5.41) is 10.6. The third kappa shape index (κ3) is 2.10. The van der Waals surface area contributed by atoms with Crippen molar-refractivity contribution in [1.29, 1.82) is 0 Å². The number of hydrogen-bond acceptors (Lipinski definition) is 1. The van der Waals surface area contributed by atoms with Gasteiger partial charge in [-0.3, -0.25) is 0 Å². The second kappa shape index (κ2) is 5.32. The molecule has 0 spiro atoms. The van der Waals surface area contributed by atoms with Crippen LogP contribution in [0.4, 0.5) is 0 Å². The Hall–Kier alpha value is -0.690. The van der Waals surface area contributed by atoms with Crippen molar-refractivity contribution in [3.63, 3.8) is 0 Å². The fourth-order valence-corrected chi connectivity index (χ4v) is 11.0. The maximum atomic E-state index is 10.00. The summed E-state index contributed by atoms with van der Waals surface area (Å²) in [5.41, 5.74) is 3.06. The van der Waals surface area contributed by atoms with Crippen molar-refractivity contribution < 1.29 is 5.11 Å². The molecule has 8 fully saturated rings. The predicted octanol–water partition coefficient (Wildman–Crippen LogP) is 7.10. The molecule has 8 aliphatic rings. The number of hydrogen-bond donors (Lipinski definition) is 1. The zero-order chi connectivity index (χ0) is 18.7. The average Bonchev–Trinajstić information content (AvgIpc) is 2.62. The van der Waals surface area contributed by atoms with Gasteiger partial charge in [0.1, 0.15) is 5.75 Å². The highest BCUT2D eigenvalue weighted by Crippen LogP contribution is 2.77. The van der Waals surface area contributed by atoms with Crippen molar-refractivity contribution in [2.45, 2.75) is 82.5 Å². The van der Waals surface area contributed by atoms with Crippen LogP contribution in [0.1, 0.15) is 82.6 Å². The van der Waals surface area contributed by atoms with Gasteiger partial charge < -0.3 is 5.11 Å².